The first-order chi connectivity index (χ1) is 13.9. The van der Waals surface area contributed by atoms with Crippen LogP contribution in [0.1, 0.15) is 31.2 Å². The second kappa shape index (κ2) is 8.20. The van der Waals surface area contributed by atoms with Crippen LogP contribution in [0.4, 0.5) is 0 Å². The van der Waals surface area contributed by atoms with Crippen molar-refractivity contribution >= 4 is 58.7 Å². The lowest BCUT2D eigenvalue weighted by molar-refractivity contribution is -0.135. The van der Waals surface area contributed by atoms with Crippen LogP contribution in [0.5, 0.6) is 5.75 Å². The van der Waals surface area contributed by atoms with Gasteiger partial charge in [-0.05, 0) is 31.2 Å². The van der Waals surface area contributed by atoms with Gasteiger partial charge in [0.05, 0.1) is 31.4 Å². The molecule has 29 heavy (non-hydrogen) atoms. The molecule has 3 heterocycles. The Morgan fingerprint density at radius 2 is 2.24 bits per heavy atom. The topological polar surface area (TPSA) is 76.6 Å². The minimum absolute atomic E-state index is 0.0589. The van der Waals surface area contributed by atoms with Crippen LogP contribution in [-0.2, 0) is 14.6 Å². The van der Waals surface area contributed by atoms with Crippen molar-refractivity contribution in [2.45, 2.75) is 39.2 Å². The zero-order valence-corrected chi connectivity index (χ0v) is 19.0. The van der Waals surface area contributed by atoms with Crippen LogP contribution >= 0.6 is 22.7 Å². The molecule has 1 aliphatic rings. The second-order valence-corrected chi connectivity index (χ2v) is 11.8. The molecule has 0 spiro atoms. The number of carbonyl (C=O) groups is 1. The van der Waals surface area contributed by atoms with E-state index in [0.717, 1.165) is 38.2 Å². The molecule has 0 bridgehead atoms. The number of thiazole rings is 1. The van der Waals surface area contributed by atoms with Crippen LogP contribution in [0.3, 0.4) is 0 Å². The second-order valence-electron chi connectivity index (χ2n) is 7.40. The monoisotopic (exact) mass is 452 g/mol. The number of hydrogen-bond donors (Lipinski definition) is 0. The van der Waals surface area contributed by atoms with Crippen LogP contribution in [0.15, 0.2) is 17.5 Å². The van der Waals surface area contributed by atoms with Crippen molar-refractivity contribution in [3.8, 4) is 5.75 Å². The van der Waals surface area contributed by atoms with E-state index in [1.165, 1.54) is 0 Å². The number of fused-ring (bicyclic) bond motifs is 3. The van der Waals surface area contributed by atoms with Gasteiger partial charge in [0.1, 0.15) is 5.75 Å². The Hall–Kier alpha value is -1.71. The Morgan fingerprint density at radius 3 is 2.97 bits per heavy atom. The van der Waals surface area contributed by atoms with Crippen LogP contribution in [0.2, 0.25) is 0 Å². The minimum Gasteiger partial charge on any atom is -0.483 e. The zero-order valence-electron chi connectivity index (χ0n) is 16.5. The molecular formula is C20H24N2O4S3. The van der Waals surface area contributed by atoms with E-state index >= 15 is 0 Å². The average molecular weight is 453 g/mol. The van der Waals surface area contributed by atoms with E-state index < -0.39 is 9.84 Å². The summed E-state index contributed by atoms with van der Waals surface area (Å²) in [6, 6.07) is 3.71. The number of amides is 1. The minimum atomic E-state index is -3.05. The third-order valence-corrected chi connectivity index (χ3v) is 8.83. The summed E-state index contributed by atoms with van der Waals surface area (Å²) >= 11 is 3.23. The van der Waals surface area contributed by atoms with Crippen molar-refractivity contribution in [3.05, 3.63) is 22.5 Å². The fourth-order valence-electron chi connectivity index (χ4n) is 3.79. The number of unbranched alkanes of at least 4 members (excludes halogenated alkanes) is 1. The van der Waals surface area contributed by atoms with Gasteiger partial charge in [0.25, 0.3) is 5.91 Å². The first-order valence-electron chi connectivity index (χ1n) is 9.78. The molecule has 3 aromatic rings. The Balaban J connectivity index is 1.54. The summed E-state index contributed by atoms with van der Waals surface area (Å²) in [4.78, 5) is 19.3. The smallest absolute Gasteiger partial charge is 0.260 e. The van der Waals surface area contributed by atoms with Crippen molar-refractivity contribution in [2.24, 2.45) is 0 Å². The van der Waals surface area contributed by atoms with Crippen molar-refractivity contribution < 1.29 is 17.9 Å². The summed E-state index contributed by atoms with van der Waals surface area (Å²) in [6.45, 7) is 4.52. The number of aromatic nitrogens is 1. The quantitative estimate of drug-likeness (QED) is 0.541. The van der Waals surface area contributed by atoms with E-state index in [9.17, 15) is 13.2 Å². The van der Waals surface area contributed by atoms with E-state index in [-0.39, 0.29) is 30.1 Å². The van der Waals surface area contributed by atoms with E-state index in [4.69, 9.17) is 4.74 Å². The van der Waals surface area contributed by atoms with Crippen LogP contribution in [0.25, 0.3) is 20.3 Å². The lowest BCUT2D eigenvalue weighted by atomic mass is 10.2. The first kappa shape index (κ1) is 20.6. The zero-order chi connectivity index (χ0) is 20.6. The van der Waals surface area contributed by atoms with E-state index in [1.807, 2.05) is 24.4 Å². The van der Waals surface area contributed by atoms with Gasteiger partial charge in [-0.1, -0.05) is 13.3 Å². The number of rotatable bonds is 7. The maximum atomic E-state index is 13.0. The van der Waals surface area contributed by atoms with Gasteiger partial charge in [0, 0.05) is 24.0 Å². The molecule has 156 valence electrons. The predicted octanol–water partition coefficient (Wildman–Crippen LogP) is 4.01. The van der Waals surface area contributed by atoms with Gasteiger partial charge in [-0.15, -0.1) is 22.7 Å². The molecule has 1 aromatic carbocycles. The van der Waals surface area contributed by atoms with Gasteiger partial charge in [-0.2, -0.15) is 0 Å². The Labute approximate surface area is 178 Å². The molecule has 0 radical (unpaired) electrons. The number of hydrogen-bond acceptors (Lipinski definition) is 7. The van der Waals surface area contributed by atoms with E-state index in [1.54, 1.807) is 27.6 Å². The number of aryl methyl sites for hydroxylation is 1. The normalized spacial score (nSPS) is 18.5. The largest absolute Gasteiger partial charge is 0.483 e. The number of sulfone groups is 1. The highest BCUT2D eigenvalue weighted by Crippen LogP contribution is 2.38. The summed E-state index contributed by atoms with van der Waals surface area (Å²) < 4.78 is 31.9. The molecule has 0 saturated carbocycles. The fourth-order valence-corrected chi connectivity index (χ4v) is 7.35. The standard InChI is InChI=1S/C20H24N2O4S3/c1-3-4-7-22(14-6-9-29(24,25)12-14)18(23)11-26-16-10-17-19(21-13(2)28-17)20-15(16)5-8-27-20/h5,8,10,14H,3-4,6-7,9,11-12H2,1-2H3. The third-order valence-electron chi connectivity index (χ3n) is 5.24. The molecule has 4 rings (SSSR count). The Morgan fingerprint density at radius 1 is 1.41 bits per heavy atom. The summed E-state index contributed by atoms with van der Waals surface area (Å²) in [5.74, 6) is 0.749. The van der Waals surface area contributed by atoms with Crippen LogP contribution < -0.4 is 4.74 Å². The number of benzene rings is 1. The summed E-state index contributed by atoms with van der Waals surface area (Å²) in [6.07, 6.45) is 2.31. The van der Waals surface area contributed by atoms with Crippen LogP contribution in [-0.4, -0.2) is 54.9 Å². The SMILES string of the molecule is CCCCN(C(=O)COc1cc2sc(C)nc2c2sccc12)C1CCS(=O)(=O)C1. The molecule has 0 aliphatic carbocycles. The van der Waals surface area contributed by atoms with Crippen molar-refractivity contribution in [2.75, 3.05) is 24.7 Å². The highest BCUT2D eigenvalue weighted by molar-refractivity contribution is 7.91. The average Bonchev–Trinajstić information content (AvgIpc) is 3.37. The molecule has 9 heteroatoms. The molecule has 1 atom stereocenters. The fraction of sp³-hybridized carbons (Fsp3) is 0.500. The van der Waals surface area contributed by atoms with Crippen molar-refractivity contribution in [3.63, 3.8) is 0 Å². The van der Waals surface area contributed by atoms with Gasteiger partial charge in [0.15, 0.2) is 16.4 Å². The molecule has 2 aromatic heterocycles. The Bertz CT molecular complexity index is 1150. The molecule has 1 amide bonds. The van der Waals surface area contributed by atoms with Gasteiger partial charge in [-0.3, -0.25) is 4.79 Å². The number of nitrogens with zero attached hydrogens (tertiary/aromatic N) is 2. The highest BCUT2D eigenvalue weighted by Gasteiger charge is 2.34. The number of thiophene rings is 1. The van der Waals surface area contributed by atoms with E-state index in [0.29, 0.717) is 18.7 Å². The maximum absolute atomic E-state index is 13.0. The van der Waals surface area contributed by atoms with Crippen molar-refractivity contribution in [1.82, 2.24) is 9.88 Å². The summed E-state index contributed by atoms with van der Waals surface area (Å²) in [5.41, 5.74) is 0.983. The lowest BCUT2D eigenvalue weighted by Gasteiger charge is -2.28. The summed E-state index contributed by atoms with van der Waals surface area (Å²) in [5, 5.41) is 3.96. The van der Waals surface area contributed by atoms with Gasteiger partial charge < -0.3 is 9.64 Å². The highest BCUT2D eigenvalue weighted by atomic mass is 32.2. The lowest BCUT2D eigenvalue weighted by Crippen LogP contribution is -2.44. The molecule has 1 unspecified atom stereocenters. The number of carbonyl (C=O) groups excluding carboxylic acids is 1. The molecule has 6 nitrogen and oxygen atoms in total. The third kappa shape index (κ3) is 4.27. The summed E-state index contributed by atoms with van der Waals surface area (Å²) in [7, 11) is -3.05. The molecular weight excluding hydrogens is 428 g/mol. The molecule has 1 saturated heterocycles. The Kier molecular flexibility index (Phi) is 5.81. The maximum Gasteiger partial charge on any atom is 0.260 e. The molecule has 1 aliphatic heterocycles. The molecule has 1 fully saturated rings. The van der Waals surface area contributed by atoms with Gasteiger partial charge >= 0.3 is 0 Å². The number of ether oxygens (including phenoxy) is 1. The first-order valence-corrected chi connectivity index (χ1v) is 13.3. The van der Waals surface area contributed by atoms with Gasteiger partial charge in [-0.25, -0.2) is 13.4 Å². The van der Waals surface area contributed by atoms with E-state index in [2.05, 4.69) is 11.9 Å². The van der Waals surface area contributed by atoms with Gasteiger partial charge in [0.2, 0.25) is 0 Å². The van der Waals surface area contributed by atoms with Crippen LogP contribution in [0, 0.1) is 6.92 Å². The molecule has 0 N–H and O–H groups in total. The van der Waals surface area contributed by atoms with Crippen molar-refractivity contribution in [1.29, 1.82) is 0 Å². The predicted molar refractivity (Wildman–Crippen MR) is 119 cm³/mol.